The van der Waals surface area contributed by atoms with Crippen molar-refractivity contribution < 1.29 is 29.3 Å². The zero-order valence-electron chi connectivity index (χ0n) is 8.03. The maximum atomic E-state index is 10.5. The summed E-state index contributed by atoms with van der Waals surface area (Å²) in [7, 11) is 0. The van der Waals surface area contributed by atoms with Crippen molar-refractivity contribution in [1.82, 2.24) is 0 Å². The van der Waals surface area contributed by atoms with Crippen molar-refractivity contribution in [3.05, 3.63) is 0 Å². The Kier molecular flexibility index (Phi) is 13.1. The average Bonchev–Trinajstić information content (AvgIpc) is 1.94. The predicted octanol–water partition coefficient (Wildman–Crippen LogP) is 1.63. The molecule has 2 nitrogen and oxygen atoms in total. The minimum absolute atomic E-state index is 0. The molecule has 0 bridgehead atoms. The standard InChI is InChI=1S/C7H17O2PS2.Zn/c1-2-3-4-5-6-7-12-10(8,9)11;/h2-7H2,1H3,(H2,8,9,11);/q;+2/p-2. The number of rotatable bonds is 7. The van der Waals surface area contributed by atoms with E-state index in [-0.39, 0.29) is 19.5 Å². The van der Waals surface area contributed by atoms with Gasteiger partial charge in [0, 0.05) is 0 Å². The molecule has 0 N–H and O–H groups in total. The first kappa shape index (κ1) is 17.0. The summed E-state index contributed by atoms with van der Waals surface area (Å²) in [6.07, 6.45) is 5.75. The largest absolute Gasteiger partial charge is 2.00 e. The van der Waals surface area contributed by atoms with Crippen molar-refractivity contribution in [2.75, 3.05) is 5.75 Å². The van der Waals surface area contributed by atoms with Crippen molar-refractivity contribution in [2.45, 2.75) is 39.0 Å². The summed E-state index contributed by atoms with van der Waals surface area (Å²) in [6.45, 7) is 2.16. The molecule has 0 saturated heterocycles. The van der Waals surface area contributed by atoms with Crippen LogP contribution >= 0.6 is 17.1 Å². The van der Waals surface area contributed by atoms with Crippen LogP contribution in [0.1, 0.15) is 39.0 Å². The van der Waals surface area contributed by atoms with Crippen LogP contribution in [0.4, 0.5) is 0 Å². The minimum Gasteiger partial charge on any atom is -0.825 e. The fourth-order valence-corrected chi connectivity index (χ4v) is 3.17. The van der Waals surface area contributed by atoms with Crippen molar-refractivity contribution >= 4 is 28.9 Å². The van der Waals surface area contributed by atoms with Gasteiger partial charge < -0.3 is 9.79 Å². The molecule has 0 aliphatic rings. The van der Waals surface area contributed by atoms with E-state index in [0.717, 1.165) is 24.2 Å². The van der Waals surface area contributed by atoms with Crippen LogP contribution in [0.15, 0.2) is 0 Å². The Morgan fingerprint density at radius 2 is 1.69 bits per heavy atom. The third-order valence-electron chi connectivity index (χ3n) is 1.50. The molecule has 0 aromatic carbocycles. The Balaban J connectivity index is 0. The molecule has 0 aliphatic heterocycles. The van der Waals surface area contributed by atoms with Gasteiger partial charge in [0.25, 0.3) is 0 Å². The van der Waals surface area contributed by atoms with Gasteiger partial charge in [-0.15, -0.1) is 11.8 Å². The van der Waals surface area contributed by atoms with E-state index < -0.39 is 5.69 Å². The van der Waals surface area contributed by atoms with Crippen LogP contribution in [0.2, 0.25) is 0 Å². The summed E-state index contributed by atoms with van der Waals surface area (Å²) < 4.78 is 0. The van der Waals surface area contributed by atoms with Gasteiger partial charge >= 0.3 is 19.5 Å². The Morgan fingerprint density at radius 1 is 1.15 bits per heavy atom. The first-order valence-corrected chi connectivity index (χ1v) is 8.45. The smallest absolute Gasteiger partial charge is 0.825 e. The second kappa shape index (κ2) is 10.1. The molecule has 13 heavy (non-hydrogen) atoms. The molecule has 0 aromatic rings. The second-order valence-electron chi connectivity index (χ2n) is 2.69. The molecule has 0 aliphatic carbocycles. The molecular formula is C7H15O2PS2Zn. The Bertz CT molecular complexity index is 151. The van der Waals surface area contributed by atoms with Gasteiger partial charge in [-0.3, -0.25) is 0 Å². The summed E-state index contributed by atoms with van der Waals surface area (Å²) in [5, 5.41) is 0. The maximum absolute atomic E-state index is 10.5. The van der Waals surface area contributed by atoms with Gasteiger partial charge in [-0.2, -0.15) is 17.1 Å². The molecule has 0 amide bonds. The number of hydrogen-bond donors (Lipinski definition) is 0. The summed E-state index contributed by atoms with van der Waals surface area (Å²) in [6, 6.07) is 0. The molecule has 0 radical (unpaired) electrons. The molecule has 0 heterocycles. The molecule has 0 fully saturated rings. The summed E-state index contributed by atoms with van der Waals surface area (Å²) >= 11 is 5.16. The van der Waals surface area contributed by atoms with Gasteiger partial charge in [-0.25, -0.2) is 0 Å². The van der Waals surface area contributed by atoms with Crippen molar-refractivity contribution in [3.8, 4) is 0 Å². The Labute approximate surface area is 103 Å². The summed E-state index contributed by atoms with van der Waals surface area (Å²) in [4.78, 5) is 21.1. The van der Waals surface area contributed by atoms with E-state index in [1.165, 1.54) is 19.3 Å². The fraction of sp³-hybridized carbons (Fsp3) is 1.00. The van der Waals surface area contributed by atoms with Crippen LogP contribution in [0.3, 0.4) is 0 Å². The second-order valence-corrected chi connectivity index (χ2v) is 8.61. The van der Waals surface area contributed by atoms with Crippen LogP contribution in [-0.2, 0) is 31.3 Å². The van der Waals surface area contributed by atoms with Crippen LogP contribution in [0.25, 0.3) is 0 Å². The first-order valence-electron chi connectivity index (χ1n) is 4.23. The molecule has 0 spiro atoms. The van der Waals surface area contributed by atoms with Gasteiger partial charge in [0.05, 0.1) is 0 Å². The fourth-order valence-electron chi connectivity index (χ4n) is 0.882. The van der Waals surface area contributed by atoms with E-state index in [1.807, 2.05) is 0 Å². The molecule has 0 aromatic heterocycles. The monoisotopic (exact) mass is 290 g/mol. The van der Waals surface area contributed by atoms with Crippen molar-refractivity contribution in [2.24, 2.45) is 0 Å². The molecule has 0 saturated carbocycles. The topological polar surface area (TPSA) is 46.1 Å². The minimum atomic E-state index is -3.47. The van der Waals surface area contributed by atoms with Crippen LogP contribution in [-0.4, -0.2) is 5.75 Å². The molecule has 0 atom stereocenters. The molecule has 6 heteroatoms. The molecule has 74 valence electrons. The van der Waals surface area contributed by atoms with E-state index in [9.17, 15) is 9.79 Å². The molecule has 0 rings (SSSR count). The third-order valence-corrected chi connectivity index (χ3v) is 4.73. The zero-order chi connectivity index (χ0) is 9.45. The normalized spacial score (nSPS) is 11.0. The van der Waals surface area contributed by atoms with E-state index in [4.69, 9.17) is 0 Å². The van der Waals surface area contributed by atoms with Crippen LogP contribution < -0.4 is 9.79 Å². The average molecular weight is 292 g/mol. The van der Waals surface area contributed by atoms with E-state index >= 15 is 0 Å². The SMILES string of the molecule is CCCCCCCSP([O-])([O-])=S.[Zn+2]. The quantitative estimate of drug-likeness (QED) is 0.406. The summed E-state index contributed by atoms with van der Waals surface area (Å²) in [5.41, 5.74) is -3.47. The van der Waals surface area contributed by atoms with Gasteiger partial charge in [0.1, 0.15) is 0 Å². The summed E-state index contributed by atoms with van der Waals surface area (Å²) in [5.74, 6) is 0.661. The molecule has 0 unspecified atom stereocenters. The molecular weight excluding hydrogens is 277 g/mol. The maximum Gasteiger partial charge on any atom is 2.00 e. The Hall–Kier alpha value is 1.54. The van der Waals surface area contributed by atoms with Crippen molar-refractivity contribution in [3.63, 3.8) is 0 Å². The van der Waals surface area contributed by atoms with Gasteiger partial charge in [-0.05, 0) is 12.2 Å². The number of hydrogen-bond acceptors (Lipinski definition) is 4. The van der Waals surface area contributed by atoms with Crippen LogP contribution in [0, 0.1) is 0 Å². The third kappa shape index (κ3) is 16.2. The first-order chi connectivity index (χ1) is 5.56. The predicted molar refractivity (Wildman–Crippen MR) is 55.5 cm³/mol. The van der Waals surface area contributed by atoms with Gasteiger partial charge in [-0.1, -0.05) is 32.6 Å². The van der Waals surface area contributed by atoms with Gasteiger partial charge in [0.15, 0.2) is 0 Å². The van der Waals surface area contributed by atoms with Crippen molar-refractivity contribution in [1.29, 1.82) is 0 Å². The van der Waals surface area contributed by atoms with E-state index in [1.54, 1.807) is 0 Å². The van der Waals surface area contributed by atoms with Crippen LogP contribution in [0.5, 0.6) is 0 Å². The van der Waals surface area contributed by atoms with E-state index in [2.05, 4.69) is 18.7 Å². The van der Waals surface area contributed by atoms with Gasteiger partial charge in [0.2, 0.25) is 0 Å². The van der Waals surface area contributed by atoms with E-state index in [0.29, 0.717) is 5.75 Å². The zero-order valence-corrected chi connectivity index (χ0v) is 13.5. The Morgan fingerprint density at radius 3 is 2.15 bits per heavy atom. The number of unbranched alkanes of at least 4 members (excludes halogenated alkanes) is 4.